The minimum absolute atomic E-state index is 0.00843. The molecule has 0 unspecified atom stereocenters. The molecule has 1 aromatic heterocycles. The van der Waals surface area contributed by atoms with Crippen molar-refractivity contribution in [3.05, 3.63) is 18.1 Å². The fourth-order valence-electron chi connectivity index (χ4n) is 8.33. The number of halogens is 4. The molecule has 2 bridgehead atoms. The molecule has 1 spiro atoms. The number of fused-ring (bicyclic) bond motifs is 6. The number of pyridine rings is 1. The Kier molecular flexibility index (Phi) is 8.14. The number of nitrogens with one attached hydrogen (secondary N) is 3. The van der Waals surface area contributed by atoms with Crippen LogP contribution >= 0.6 is 0 Å². The molecule has 2 aliphatic carbocycles. The molecule has 5 aliphatic rings. The Morgan fingerprint density at radius 3 is 2.62 bits per heavy atom. The van der Waals surface area contributed by atoms with Crippen molar-refractivity contribution in [3.8, 4) is 5.75 Å². The first kappa shape index (κ1) is 32.9. The van der Waals surface area contributed by atoms with E-state index < -0.39 is 89.8 Å². The summed E-state index contributed by atoms with van der Waals surface area (Å²) in [6, 6.07) is -2.37. The number of carbonyl (C=O) groups is 4. The molecule has 0 radical (unpaired) electrons. The van der Waals surface area contributed by atoms with Gasteiger partial charge < -0.3 is 35.3 Å². The number of nitrogens with zero attached hydrogens (tertiary/aromatic N) is 3. The van der Waals surface area contributed by atoms with Crippen molar-refractivity contribution in [1.29, 1.82) is 5.41 Å². The highest BCUT2D eigenvalue weighted by Gasteiger charge is 2.65. The van der Waals surface area contributed by atoms with E-state index in [1.54, 1.807) is 20.8 Å². The lowest BCUT2D eigenvalue weighted by molar-refractivity contribution is -0.149. The van der Waals surface area contributed by atoms with Crippen LogP contribution in [-0.4, -0.2) is 100 Å². The number of hydrogen-bond donors (Lipinski definition) is 3. The summed E-state index contributed by atoms with van der Waals surface area (Å²) in [5.41, 5.74) is -2.61. The zero-order valence-electron chi connectivity index (χ0n) is 26.4. The second-order valence-corrected chi connectivity index (χ2v) is 14.4. The third-order valence-corrected chi connectivity index (χ3v) is 10.4. The minimum atomic E-state index is -2.92. The highest BCUT2D eigenvalue weighted by molar-refractivity contribution is 6.03. The predicted octanol–water partition coefficient (Wildman–Crippen LogP) is 3.16. The number of rotatable bonds is 6. The number of hydrogen-bond acceptors (Lipinski definition) is 8. The molecule has 1 aromatic rings. The van der Waals surface area contributed by atoms with Gasteiger partial charge in [0, 0.05) is 24.7 Å². The fraction of sp³-hybridized carbons (Fsp3) is 0.677. The lowest BCUT2D eigenvalue weighted by Gasteiger charge is -2.39. The molecule has 3 aliphatic heterocycles. The standard InChI is InChI=1S/C31H38F4N6O6/c1-13(36)19-8-31(28(44)39-25-20(47-31)7-15(32)9-37-25)12-41(19)26(42)23-22-16-5-14(6-18(16)33)17(22)10-40(23)27(43)24(30(2,3)4)38-29(45)46-11-21(34)35/h7,9,14,16-19,21-24,36H,5-6,8,10-12H2,1-4H3,(H,38,45)(H,37,39,44)/t14-,16+,17+,18+,19-,22-,23-,24+,31+/m0/s1. The van der Waals surface area contributed by atoms with Crippen LogP contribution in [-0.2, 0) is 19.1 Å². The topological polar surface area (TPSA) is 154 Å². The Morgan fingerprint density at radius 1 is 1.23 bits per heavy atom. The molecule has 4 fully saturated rings. The molecule has 9 atom stereocenters. The Balaban J connectivity index is 1.33. The normalized spacial score (nSPS) is 33.0. The summed E-state index contributed by atoms with van der Waals surface area (Å²) in [7, 11) is 0. The van der Waals surface area contributed by atoms with Gasteiger partial charge in [0.2, 0.25) is 17.4 Å². The van der Waals surface area contributed by atoms with Crippen LogP contribution in [0.4, 0.5) is 28.2 Å². The number of anilines is 1. The van der Waals surface area contributed by atoms with Gasteiger partial charge in [-0.15, -0.1) is 0 Å². The number of alkyl halides is 3. The molecule has 16 heteroatoms. The molecule has 47 heavy (non-hydrogen) atoms. The second kappa shape index (κ2) is 11.6. The minimum Gasteiger partial charge on any atom is -0.471 e. The maximum Gasteiger partial charge on any atom is 0.408 e. The lowest BCUT2D eigenvalue weighted by atomic mass is 9.77. The molecular formula is C31H38F4N6O6. The third kappa shape index (κ3) is 5.66. The highest BCUT2D eigenvalue weighted by atomic mass is 19.3. The first-order chi connectivity index (χ1) is 22.0. The number of alkyl carbamates (subject to hydrolysis) is 1. The Bertz CT molecular complexity index is 1510. The summed E-state index contributed by atoms with van der Waals surface area (Å²) in [5, 5.41) is 13.5. The van der Waals surface area contributed by atoms with Gasteiger partial charge in [0.25, 0.3) is 12.3 Å². The van der Waals surface area contributed by atoms with Gasteiger partial charge in [-0.3, -0.25) is 14.4 Å². The molecule has 3 N–H and O–H groups in total. The molecule has 2 saturated carbocycles. The molecule has 4 heterocycles. The van der Waals surface area contributed by atoms with Gasteiger partial charge in [-0.25, -0.2) is 27.3 Å². The van der Waals surface area contributed by atoms with Crippen molar-refractivity contribution in [2.45, 2.75) is 83.3 Å². The predicted molar refractivity (Wildman–Crippen MR) is 157 cm³/mol. The third-order valence-electron chi connectivity index (χ3n) is 10.4. The van der Waals surface area contributed by atoms with E-state index in [2.05, 4.69) is 20.4 Å². The van der Waals surface area contributed by atoms with Gasteiger partial charge in [-0.1, -0.05) is 20.8 Å². The molecule has 256 valence electrons. The number of ether oxygens (including phenoxy) is 2. The maximum absolute atomic E-state index is 15.3. The van der Waals surface area contributed by atoms with E-state index >= 15 is 4.39 Å². The second-order valence-electron chi connectivity index (χ2n) is 14.4. The summed E-state index contributed by atoms with van der Waals surface area (Å²) in [5.74, 6) is -3.97. The monoisotopic (exact) mass is 666 g/mol. The molecule has 4 amide bonds. The molecular weight excluding hydrogens is 628 g/mol. The Morgan fingerprint density at radius 2 is 1.96 bits per heavy atom. The van der Waals surface area contributed by atoms with E-state index in [0.717, 1.165) is 12.3 Å². The zero-order valence-corrected chi connectivity index (χ0v) is 26.4. The van der Waals surface area contributed by atoms with Crippen LogP contribution < -0.4 is 15.4 Å². The van der Waals surface area contributed by atoms with Crippen LogP contribution in [0.1, 0.15) is 47.0 Å². The van der Waals surface area contributed by atoms with E-state index in [-0.39, 0.29) is 48.6 Å². The van der Waals surface area contributed by atoms with Crippen LogP contribution in [0.25, 0.3) is 0 Å². The van der Waals surface area contributed by atoms with Crippen molar-refractivity contribution in [3.63, 3.8) is 0 Å². The van der Waals surface area contributed by atoms with Gasteiger partial charge in [-0.05, 0) is 48.9 Å². The van der Waals surface area contributed by atoms with Crippen molar-refractivity contribution >= 4 is 35.3 Å². The quantitative estimate of drug-likeness (QED) is 0.312. The van der Waals surface area contributed by atoms with E-state index in [1.165, 1.54) is 16.7 Å². The van der Waals surface area contributed by atoms with E-state index in [1.807, 2.05) is 0 Å². The number of amides is 4. The smallest absolute Gasteiger partial charge is 0.408 e. The average molecular weight is 667 g/mol. The van der Waals surface area contributed by atoms with Crippen LogP contribution in [0.3, 0.4) is 0 Å². The highest BCUT2D eigenvalue weighted by Crippen LogP contribution is 2.59. The van der Waals surface area contributed by atoms with Gasteiger partial charge in [0.15, 0.2) is 18.2 Å². The van der Waals surface area contributed by atoms with Crippen molar-refractivity contribution in [2.75, 3.05) is 25.0 Å². The van der Waals surface area contributed by atoms with Crippen LogP contribution in [0.5, 0.6) is 5.75 Å². The summed E-state index contributed by atoms with van der Waals surface area (Å²) < 4.78 is 65.4. The SMILES string of the molecule is CC(=N)[C@@H]1C[C@]2(CN1C(=O)[C@@H]1[C@@H]3[C@H](CN1C(=O)[C@@H](NC(=O)OCC(F)F)C(C)(C)C)[C@H]1C[C@@H]3[C@H](F)C1)Oc1cc(F)cnc1NC2=O. The summed E-state index contributed by atoms with van der Waals surface area (Å²) in [6.45, 7) is 5.05. The summed E-state index contributed by atoms with van der Waals surface area (Å²) >= 11 is 0. The van der Waals surface area contributed by atoms with Crippen molar-refractivity contribution in [2.24, 2.45) is 29.1 Å². The van der Waals surface area contributed by atoms with Crippen molar-refractivity contribution in [1.82, 2.24) is 20.1 Å². The van der Waals surface area contributed by atoms with Gasteiger partial charge in [-0.2, -0.15) is 0 Å². The average Bonchev–Trinajstić information content (AvgIpc) is 3.74. The molecule has 2 saturated heterocycles. The van der Waals surface area contributed by atoms with Crippen LogP contribution in [0.2, 0.25) is 0 Å². The van der Waals surface area contributed by atoms with Crippen LogP contribution in [0, 0.1) is 40.3 Å². The molecule has 6 rings (SSSR count). The number of aromatic nitrogens is 1. The first-order valence-corrected chi connectivity index (χ1v) is 15.7. The zero-order chi connectivity index (χ0) is 34.2. The molecule has 12 nitrogen and oxygen atoms in total. The Hall–Kier alpha value is -3.98. The van der Waals surface area contributed by atoms with E-state index in [9.17, 15) is 32.3 Å². The van der Waals surface area contributed by atoms with E-state index in [4.69, 9.17) is 10.1 Å². The van der Waals surface area contributed by atoms with Crippen molar-refractivity contribution < 1.29 is 46.2 Å². The van der Waals surface area contributed by atoms with Gasteiger partial charge >= 0.3 is 6.09 Å². The molecule has 0 aromatic carbocycles. The van der Waals surface area contributed by atoms with Gasteiger partial charge in [0.1, 0.15) is 24.1 Å². The lowest BCUT2D eigenvalue weighted by Crippen LogP contribution is -2.60. The Labute approximate surface area is 268 Å². The van der Waals surface area contributed by atoms with Gasteiger partial charge in [0.05, 0.1) is 18.8 Å². The van der Waals surface area contributed by atoms with Crippen LogP contribution in [0.15, 0.2) is 12.3 Å². The number of carbonyl (C=O) groups excluding carboxylic acids is 4. The fourth-order valence-corrected chi connectivity index (χ4v) is 8.33. The first-order valence-electron chi connectivity index (χ1n) is 15.7. The summed E-state index contributed by atoms with van der Waals surface area (Å²) in [6.07, 6.45) is -3.67. The maximum atomic E-state index is 15.3. The number of likely N-dealkylation sites (tertiary alicyclic amines) is 2. The largest absolute Gasteiger partial charge is 0.471 e. The van der Waals surface area contributed by atoms with E-state index in [0.29, 0.717) is 12.8 Å². The summed E-state index contributed by atoms with van der Waals surface area (Å²) in [4.78, 5) is 61.5.